The largest absolute Gasteiger partial charge is 0.432 e. The number of aryl methyl sites for hydroxylation is 1. The third-order valence-electron chi connectivity index (χ3n) is 5.64. The summed E-state index contributed by atoms with van der Waals surface area (Å²) in [6.07, 6.45) is -2.69. The van der Waals surface area contributed by atoms with Crippen LogP contribution in [0.2, 0.25) is 0 Å². The molecule has 0 aromatic heterocycles. The Hall–Kier alpha value is -3.08. The summed E-state index contributed by atoms with van der Waals surface area (Å²) in [5.74, 6) is -7.79. The summed E-state index contributed by atoms with van der Waals surface area (Å²) < 4.78 is 105. The van der Waals surface area contributed by atoms with Gasteiger partial charge in [0.15, 0.2) is 11.6 Å². The molecule has 0 heterocycles. The molecular weight excluding hydrogens is 612 g/mol. The van der Waals surface area contributed by atoms with Crippen LogP contribution in [0.3, 0.4) is 0 Å². The lowest BCUT2D eigenvalue weighted by atomic mass is 9.97. The zero-order valence-electron chi connectivity index (χ0n) is 19.2. The highest BCUT2D eigenvalue weighted by atomic mass is 127. The summed E-state index contributed by atoms with van der Waals surface area (Å²) in [6, 6.07) is 13.8. The monoisotopic (exact) mass is 630 g/mol. The molecule has 0 aliphatic rings. The summed E-state index contributed by atoms with van der Waals surface area (Å²) in [5, 5.41) is 0. The van der Waals surface area contributed by atoms with Crippen molar-refractivity contribution in [3.8, 4) is 28.0 Å². The minimum atomic E-state index is -4.58. The van der Waals surface area contributed by atoms with Crippen molar-refractivity contribution in [2.45, 2.75) is 25.9 Å². The van der Waals surface area contributed by atoms with E-state index in [0.29, 0.717) is 23.8 Å². The zero-order chi connectivity index (χ0) is 26.9. The molecule has 4 aromatic rings. The highest BCUT2D eigenvalue weighted by Crippen LogP contribution is 2.38. The van der Waals surface area contributed by atoms with Gasteiger partial charge in [0.25, 0.3) is 0 Å². The molecule has 4 aromatic carbocycles. The molecular formula is C28H18F7IO. The predicted molar refractivity (Wildman–Crippen MR) is 135 cm³/mol. The van der Waals surface area contributed by atoms with Crippen molar-refractivity contribution in [2.75, 3.05) is 0 Å². The van der Waals surface area contributed by atoms with Crippen LogP contribution in [-0.2, 0) is 12.5 Å². The first-order valence-electron chi connectivity index (χ1n) is 11.1. The molecule has 0 saturated carbocycles. The van der Waals surface area contributed by atoms with Crippen LogP contribution in [0, 0.1) is 32.7 Å². The molecule has 0 radical (unpaired) electrons. The van der Waals surface area contributed by atoms with E-state index >= 15 is 0 Å². The summed E-state index contributed by atoms with van der Waals surface area (Å²) >= 11 is 1.36. The number of hydrogen-bond acceptors (Lipinski definition) is 1. The Balaban J connectivity index is 1.64. The van der Waals surface area contributed by atoms with Gasteiger partial charge in [-0.3, -0.25) is 0 Å². The first-order chi connectivity index (χ1) is 17.5. The normalized spacial score (nSPS) is 11.6. The Labute approximate surface area is 222 Å². The maximum atomic E-state index is 14.9. The maximum Gasteiger partial charge on any atom is 0.432 e. The molecule has 0 aliphatic heterocycles. The van der Waals surface area contributed by atoms with E-state index in [2.05, 4.69) is 11.7 Å². The highest BCUT2D eigenvalue weighted by molar-refractivity contribution is 14.1. The number of ether oxygens (including phenoxy) is 1. The summed E-state index contributed by atoms with van der Waals surface area (Å²) in [4.78, 5) is 0. The van der Waals surface area contributed by atoms with E-state index in [1.807, 2.05) is 24.3 Å². The molecule has 0 spiro atoms. The molecule has 4 rings (SSSR count). The van der Waals surface area contributed by atoms with Gasteiger partial charge in [-0.05, 0) is 75.5 Å². The lowest BCUT2D eigenvalue weighted by Gasteiger charge is -2.20. The van der Waals surface area contributed by atoms with Gasteiger partial charge in [-0.1, -0.05) is 49.7 Å². The van der Waals surface area contributed by atoms with Gasteiger partial charge in [0.05, 0.1) is 3.57 Å². The molecule has 0 saturated heterocycles. The van der Waals surface area contributed by atoms with Crippen molar-refractivity contribution in [3.63, 3.8) is 0 Å². The smallest absolute Gasteiger partial charge is 0.429 e. The third kappa shape index (κ3) is 5.76. The minimum absolute atomic E-state index is 0.199. The van der Waals surface area contributed by atoms with E-state index < -0.39 is 46.5 Å². The summed E-state index contributed by atoms with van der Waals surface area (Å²) in [7, 11) is 0. The van der Waals surface area contributed by atoms with Gasteiger partial charge >= 0.3 is 6.11 Å². The van der Waals surface area contributed by atoms with Crippen LogP contribution in [0.1, 0.15) is 24.5 Å². The van der Waals surface area contributed by atoms with Gasteiger partial charge < -0.3 is 4.74 Å². The quantitative estimate of drug-likeness (QED) is 0.112. The van der Waals surface area contributed by atoms with Gasteiger partial charge in [-0.2, -0.15) is 8.78 Å². The fourth-order valence-corrected chi connectivity index (χ4v) is 4.44. The zero-order valence-corrected chi connectivity index (χ0v) is 21.4. The Kier molecular flexibility index (Phi) is 7.82. The van der Waals surface area contributed by atoms with Crippen LogP contribution in [0.15, 0.2) is 66.7 Å². The van der Waals surface area contributed by atoms with Crippen molar-refractivity contribution in [2.24, 2.45) is 0 Å². The van der Waals surface area contributed by atoms with Crippen LogP contribution in [0.4, 0.5) is 30.7 Å². The molecule has 0 amide bonds. The van der Waals surface area contributed by atoms with Crippen LogP contribution in [-0.4, -0.2) is 0 Å². The van der Waals surface area contributed by atoms with Crippen molar-refractivity contribution >= 4 is 22.6 Å². The summed E-state index contributed by atoms with van der Waals surface area (Å²) in [6.45, 7) is 2.06. The second-order valence-corrected chi connectivity index (χ2v) is 9.44. The van der Waals surface area contributed by atoms with Gasteiger partial charge in [0.1, 0.15) is 28.8 Å². The lowest BCUT2D eigenvalue weighted by Crippen LogP contribution is -2.25. The van der Waals surface area contributed by atoms with Crippen LogP contribution >= 0.6 is 22.6 Å². The summed E-state index contributed by atoms with van der Waals surface area (Å²) in [5.41, 5.74) is 0.147. The van der Waals surface area contributed by atoms with Crippen LogP contribution in [0.25, 0.3) is 22.3 Å². The van der Waals surface area contributed by atoms with Crippen molar-refractivity contribution < 1.29 is 35.5 Å². The number of alkyl halides is 2. The third-order valence-corrected chi connectivity index (χ3v) is 6.43. The number of halogens is 8. The van der Waals surface area contributed by atoms with E-state index in [0.717, 1.165) is 30.0 Å². The van der Waals surface area contributed by atoms with Gasteiger partial charge in [-0.25, -0.2) is 22.0 Å². The topological polar surface area (TPSA) is 9.23 Å². The highest BCUT2D eigenvalue weighted by Gasteiger charge is 2.41. The van der Waals surface area contributed by atoms with Crippen molar-refractivity contribution in [1.29, 1.82) is 0 Å². The Morgan fingerprint density at radius 3 is 1.86 bits per heavy atom. The van der Waals surface area contributed by atoms with Crippen molar-refractivity contribution in [1.82, 2.24) is 0 Å². The second-order valence-electron chi connectivity index (χ2n) is 8.28. The molecule has 0 N–H and O–H groups in total. The fourth-order valence-electron chi connectivity index (χ4n) is 3.88. The molecule has 37 heavy (non-hydrogen) atoms. The van der Waals surface area contributed by atoms with E-state index in [4.69, 9.17) is 0 Å². The van der Waals surface area contributed by atoms with Gasteiger partial charge in [-0.15, -0.1) is 0 Å². The van der Waals surface area contributed by atoms with Crippen LogP contribution in [0.5, 0.6) is 5.75 Å². The van der Waals surface area contributed by atoms with E-state index in [1.165, 1.54) is 34.7 Å². The van der Waals surface area contributed by atoms with E-state index in [9.17, 15) is 30.7 Å². The molecule has 0 aliphatic carbocycles. The second kappa shape index (κ2) is 10.7. The van der Waals surface area contributed by atoms with Gasteiger partial charge in [0, 0.05) is 11.6 Å². The van der Waals surface area contributed by atoms with Gasteiger partial charge in [0.2, 0.25) is 0 Å². The molecule has 0 atom stereocenters. The molecule has 9 heteroatoms. The Morgan fingerprint density at radius 2 is 1.30 bits per heavy atom. The molecule has 0 bridgehead atoms. The molecule has 1 nitrogen and oxygen atoms in total. The average Bonchev–Trinajstić information content (AvgIpc) is 2.82. The molecule has 192 valence electrons. The van der Waals surface area contributed by atoms with E-state index in [1.54, 1.807) is 6.07 Å². The molecule has 0 unspecified atom stereocenters. The number of benzene rings is 4. The lowest BCUT2D eigenvalue weighted by molar-refractivity contribution is -0.189. The van der Waals surface area contributed by atoms with E-state index in [-0.39, 0.29) is 14.7 Å². The first-order valence-corrected chi connectivity index (χ1v) is 12.2. The first kappa shape index (κ1) is 27.0. The van der Waals surface area contributed by atoms with Crippen LogP contribution < -0.4 is 4.74 Å². The Bertz CT molecular complexity index is 1410. The molecule has 0 fully saturated rings. The predicted octanol–water partition coefficient (Wildman–Crippen LogP) is 9.40. The number of hydrogen-bond donors (Lipinski definition) is 0. The Morgan fingerprint density at radius 1 is 0.703 bits per heavy atom. The van der Waals surface area contributed by atoms with Crippen molar-refractivity contribution in [3.05, 3.63) is 111 Å². The SMILES string of the molecule is CCCc1ccc(-c2ccc(-c3cc(F)c(C(F)(F)Oc4cc(F)c(F)c(I)c4)c(F)c3)c(F)c2)cc1. The standard InChI is InChI=1S/C28H18F7IO/c1-2-3-15-4-6-16(7-5-15)17-8-9-20(21(29)10-17)18-11-22(30)26(23(31)12-18)28(34,35)37-19-13-24(32)27(33)25(36)14-19/h4-14H,2-3H2,1H3. The number of rotatable bonds is 7. The fraction of sp³-hybridized carbons (Fsp3) is 0.143. The average molecular weight is 630 g/mol. The maximum absolute atomic E-state index is 14.9. The minimum Gasteiger partial charge on any atom is -0.429 e.